The Labute approximate surface area is 93.8 Å². The van der Waals surface area contributed by atoms with Gasteiger partial charge in [0.1, 0.15) is 0 Å². The van der Waals surface area contributed by atoms with Crippen LogP contribution in [0.3, 0.4) is 0 Å². The maximum atomic E-state index is 11.6. The molecule has 0 aromatic carbocycles. The van der Waals surface area contributed by atoms with Crippen molar-refractivity contribution in [3.05, 3.63) is 30.1 Å². The first kappa shape index (κ1) is 11.0. The minimum atomic E-state index is -0.172. The number of hydrogen-bond acceptors (Lipinski definition) is 4. The topological polar surface area (TPSA) is 60.5 Å². The molecule has 0 unspecified atom stereocenters. The number of nitrogens with zero attached hydrogens (tertiary/aromatic N) is 1. The zero-order valence-electron chi connectivity index (χ0n) is 8.89. The van der Waals surface area contributed by atoms with Gasteiger partial charge in [-0.2, -0.15) is 0 Å². The van der Waals surface area contributed by atoms with Crippen molar-refractivity contribution in [1.82, 2.24) is 10.3 Å². The van der Waals surface area contributed by atoms with Gasteiger partial charge in [0.05, 0.1) is 18.8 Å². The van der Waals surface area contributed by atoms with Crippen molar-refractivity contribution in [1.29, 1.82) is 0 Å². The van der Waals surface area contributed by atoms with E-state index >= 15 is 0 Å². The van der Waals surface area contributed by atoms with Gasteiger partial charge >= 0.3 is 0 Å². The van der Waals surface area contributed by atoms with Crippen LogP contribution in [-0.4, -0.2) is 36.9 Å². The first-order chi connectivity index (χ1) is 7.86. The van der Waals surface area contributed by atoms with E-state index in [-0.39, 0.29) is 12.2 Å². The molecule has 1 N–H and O–H groups in total. The maximum absolute atomic E-state index is 11.6. The summed E-state index contributed by atoms with van der Waals surface area (Å²) in [7, 11) is 0. The summed E-state index contributed by atoms with van der Waals surface area (Å²) >= 11 is 0. The number of carbonyl (C=O) groups excluding carboxylic acids is 1. The van der Waals surface area contributed by atoms with Crippen LogP contribution < -0.4 is 5.32 Å². The van der Waals surface area contributed by atoms with Crippen molar-refractivity contribution in [2.45, 2.75) is 12.7 Å². The van der Waals surface area contributed by atoms with Crippen LogP contribution in [0.2, 0.25) is 0 Å². The third kappa shape index (κ3) is 3.01. The molecule has 2 heterocycles. The molecular weight excluding hydrogens is 208 g/mol. The Balaban J connectivity index is 1.71. The Kier molecular flexibility index (Phi) is 3.85. The maximum Gasteiger partial charge on any atom is 0.252 e. The molecule has 86 valence electrons. The lowest BCUT2D eigenvalue weighted by molar-refractivity contribution is -0.0455. The fraction of sp³-hybridized carbons (Fsp3) is 0.455. The molecule has 5 heteroatoms. The largest absolute Gasteiger partial charge is 0.352 e. The van der Waals surface area contributed by atoms with Crippen LogP contribution in [0.4, 0.5) is 0 Å². The highest BCUT2D eigenvalue weighted by Gasteiger charge is 2.15. The second-order valence-corrected chi connectivity index (χ2v) is 3.46. The number of rotatable bonds is 4. The predicted molar refractivity (Wildman–Crippen MR) is 56.9 cm³/mol. The Hall–Kier alpha value is -1.46. The lowest BCUT2D eigenvalue weighted by Crippen LogP contribution is -2.27. The third-order valence-corrected chi connectivity index (χ3v) is 2.28. The first-order valence-electron chi connectivity index (χ1n) is 5.28. The average Bonchev–Trinajstić information content (AvgIpc) is 2.83. The second-order valence-electron chi connectivity index (χ2n) is 3.46. The second kappa shape index (κ2) is 5.58. The third-order valence-electron chi connectivity index (χ3n) is 2.28. The number of aromatic nitrogens is 1. The molecule has 5 nitrogen and oxygen atoms in total. The van der Waals surface area contributed by atoms with E-state index in [1.165, 1.54) is 6.20 Å². The van der Waals surface area contributed by atoms with E-state index < -0.39 is 0 Å². The number of carbonyl (C=O) groups is 1. The van der Waals surface area contributed by atoms with Crippen LogP contribution in [-0.2, 0) is 9.47 Å². The monoisotopic (exact) mass is 222 g/mol. The van der Waals surface area contributed by atoms with Gasteiger partial charge < -0.3 is 14.8 Å². The Morgan fingerprint density at radius 3 is 3.00 bits per heavy atom. The lowest BCUT2D eigenvalue weighted by Gasteiger charge is -2.09. The fourth-order valence-electron chi connectivity index (χ4n) is 1.48. The predicted octanol–water partition coefficient (Wildman–Crippen LogP) is 0.574. The molecule has 0 radical (unpaired) electrons. The quantitative estimate of drug-likeness (QED) is 0.809. The summed E-state index contributed by atoms with van der Waals surface area (Å²) in [6, 6.07) is 3.46. The molecule has 1 aliphatic rings. The van der Waals surface area contributed by atoms with Gasteiger partial charge in [-0.15, -0.1) is 0 Å². The minimum Gasteiger partial charge on any atom is -0.352 e. The summed E-state index contributed by atoms with van der Waals surface area (Å²) in [5.41, 5.74) is 0.566. The van der Waals surface area contributed by atoms with Crippen LogP contribution in [0.25, 0.3) is 0 Å². The summed E-state index contributed by atoms with van der Waals surface area (Å²) in [6.45, 7) is 1.82. The van der Waals surface area contributed by atoms with E-state index in [2.05, 4.69) is 10.3 Å². The molecule has 0 bridgehead atoms. The SMILES string of the molecule is O=C(NCCC1OCCO1)c1cccnc1. The summed E-state index contributed by atoms with van der Waals surface area (Å²) in [5, 5.41) is 2.79. The Morgan fingerprint density at radius 1 is 1.50 bits per heavy atom. The van der Waals surface area contributed by atoms with Gasteiger partial charge in [-0.1, -0.05) is 0 Å². The average molecular weight is 222 g/mol. The molecule has 0 saturated carbocycles. The number of amides is 1. The van der Waals surface area contributed by atoms with Crippen LogP contribution in [0.1, 0.15) is 16.8 Å². The highest BCUT2D eigenvalue weighted by molar-refractivity contribution is 5.93. The summed E-state index contributed by atoms with van der Waals surface area (Å²) < 4.78 is 10.5. The van der Waals surface area contributed by atoms with Gasteiger partial charge in [-0.25, -0.2) is 0 Å². The molecule has 0 atom stereocenters. The first-order valence-corrected chi connectivity index (χ1v) is 5.28. The molecule has 1 saturated heterocycles. The standard InChI is InChI=1S/C11H14N2O3/c14-11(9-2-1-4-12-8-9)13-5-3-10-15-6-7-16-10/h1-2,4,8,10H,3,5-7H2,(H,13,14). The zero-order chi connectivity index (χ0) is 11.2. The van der Waals surface area contributed by atoms with Crippen molar-refractivity contribution >= 4 is 5.91 Å². The highest BCUT2D eigenvalue weighted by Crippen LogP contribution is 2.06. The van der Waals surface area contributed by atoms with Crippen LogP contribution in [0.15, 0.2) is 24.5 Å². The summed E-state index contributed by atoms with van der Waals surface area (Å²) in [6.07, 6.45) is 3.68. The molecule has 1 aliphatic heterocycles. The van der Waals surface area contributed by atoms with E-state index in [0.717, 1.165) is 0 Å². The van der Waals surface area contributed by atoms with Crippen molar-refractivity contribution in [3.8, 4) is 0 Å². The summed E-state index contributed by atoms with van der Waals surface area (Å²) in [4.78, 5) is 15.5. The molecule has 2 rings (SSSR count). The van der Waals surface area contributed by atoms with E-state index in [0.29, 0.717) is 31.7 Å². The van der Waals surface area contributed by atoms with Crippen LogP contribution in [0.5, 0.6) is 0 Å². The lowest BCUT2D eigenvalue weighted by atomic mass is 10.2. The van der Waals surface area contributed by atoms with E-state index in [9.17, 15) is 4.79 Å². The normalized spacial score (nSPS) is 16.2. The van der Waals surface area contributed by atoms with Gasteiger partial charge in [0, 0.05) is 25.4 Å². The molecule has 0 aliphatic carbocycles. The fourth-order valence-corrected chi connectivity index (χ4v) is 1.48. The molecule has 1 aromatic rings. The number of ether oxygens (including phenoxy) is 2. The van der Waals surface area contributed by atoms with Crippen LogP contribution >= 0.6 is 0 Å². The molecule has 0 spiro atoms. The van der Waals surface area contributed by atoms with E-state index in [1.54, 1.807) is 18.3 Å². The van der Waals surface area contributed by atoms with Gasteiger partial charge in [-0.05, 0) is 12.1 Å². The van der Waals surface area contributed by atoms with Crippen LogP contribution in [0, 0.1) is 0 Å². The Morgan fingerprint density at radius 2 is 2.31 bits per heavy atom. The van der Waals surface area contributed by atoms with Crippen molar-refractivity contribution in [3.63, 3.8) is 0 Å². The van der Waals surface area contributed by atoms with E-state index in [4.69, 9.17) is 9.47 Å². The molecule has 1 aromatic heterocycles. The van der Waals surface area contributed by atoms with Gasteiger partial charge in [0.2, 0.25) is 0 Å². The van der Waals surface area contributed by atoms with Gasteiger partial charge in [0.15, 0.2) is 6.29 Å². The van der Waals surface area contributed by atoms with E-state index in [1.807, 2.05) is 0 Å². The van der Waals surface area contributed by atoms with Crippen molar-refractivity contribution in [2.24, 2.45) is 0 Å². The van der Waals surface area contributed by atoms with Crippen molar-refractivity contribution < 1.29 is 14.3 Å². The summed E-state index contributed by atoms with van der Waals surface area (Å²) in [5.74, 6) is -0.119. The highest BCUT2D eigenvalue weighted by atomic mass is 16.7. The molecule has 16 heavy (non-hydrogen) atoms. The van der Waals surface area contributed by atoms with Gasteiger partial charge in [-0.3, -0.25) is 9.78 Å². The number of nitrogens with one attached hydrogen (secondary N) is 1. The number of pyridine rings is 1. The Bertz CT molecular complexity index is 336. The smallest absolute Gasteiger partial charge is 0.252 e. The zero-order valence-corrected chi connectivity index (χ0v) is 8.89. The molecule has 1 amide bonds. The molecular formula is C11H14N2O3. The van der Waals surface area contributed by atoms with Gasteiger partial charge in [0.25, 0.3) is 5.91 Å². The minimum absolute atomic E-state index is 0.119. The van der Waals surface area contributed by atoms with Crippen molar-refractivity contribution in [2.75, 3.05) is 19.8 Å². The molecule has 1 fully saturated rings. The number of hydrogen-bond donors (Lipinski definition) is 1.